The van der Waals surface area contributed by atoms with E-state index in [4.69, 9.17) is 0 Å². The summed E-state index contributed by atoms with van der Waals surface area (Å²) >= 11 is 3.63. The number of hydrogen-bond acceptors (Lipinski definition) is 3. The molecule has 0 aliphatic carbocycles. The summed E-state index contributed by atoms with van der Waals surface area (Å²) in [6, 6.07) is 8.99. The van der Waals surface area contributed by atoms with E-state index in [-0.39, 0.29) is 0 Å². The van der Waals surface area contributed by atoms with Crippen molar-refractivity contribution in [2.75, 3.05) is 6.54 Å². The van der Waals surface area contributed by atoms with E-state index in [1.165, 1.54) is 9.75 Å². The van der Waals surface area contributed by atoms with E-state index in [0.717, 1.165) is 6.54 Å². The lowest BCUT2D eigenvalue weighted by atomic mass is 10.2. The summed E-state index contributed by atoms with van der Waals surface area (Å²) in [5.41, 5.74) is 0. The third-order valence-electron chi connectivity index (χ3n) is 2.06. The van der Waals surface area contributed by atoms with Crippen LogP contribution in [-0.4, -0.2) is 6.54 Å². The molecule has 0 fully saturated rings. The fourth-order valence-corrected chi connectivity index (χ4v) is 3.17. The lowest BCUT2D eigenvalue weighted by molar-refractivity contribution is 0.649. The highest BCUT2D eigenvalue weighted by atomic mass is 32.1. The minimum Gasteiger partial charge on any atom is -0.305 e. The smallest absolute Gasteiger partial charge is 0.0764 e. The average Bonchev–Trinajstić information content (AvgIpc) is 2.87. The Labute approximate surface area is 92.4 Å². The van der Waals surface area contributed by atoms with Gasteiger partial charge in [0.15, 0.2) is 0 Å². The molecule has 3 heteroatoms. The molecule has 0 saturated carbocycles. The Kier molecular flexibility index (Phi) is 3.35. The van der Waals surface area contributed by atoms with Crippen molar-refractivity contribution in [2.45, 2.75) is 13.0 Å². The van der Waals surface area contributed by atoms with Gasteiger partial charge in [-0.15, -0.1) is 22.7 Å². The third-order valence-corrected chi connectivity index (χ3v) is 3.94. The molecular weight excluding hydrogens is 210 g/mol. The predicted octanol–water partition coefficient (Wildman–Crippen LogP) is 3.51. The van der Waals surface area contributed by atoms with Gasteiger partial charge in [0.1, 0.15) is 0 Å². The van der Waals surface area contributed by atoms with Crippen molar-refractivity contribution in [1.82, 2.24) is 5.32 Å². The van der Waals surface area contributed by atoms with Gasteiger partial charge in [-0.05, 0) is 29.4 Å². The first-order valence-electron chi connectivity index (χ1n) is 4.72. The van der Waals surface area contributed by atoms with Crippen LogP contribution >= 0.6 is 22.7 Å². The molecule has 0 aliphatic heterocycles. The van der Waals surface area contributed by atoms with Gasteiger partial charge in [0, 0.05) is 9.75 Å². The molecule has 0 aromatic carbocycles. The maximum absolute atomic E-state index is 3.51. The highest BCUT2D eigenvalue weighted by Crippen LogP contribution is 2.28. The third kappa shape index (κ3) is 2.05. The van der Waals surface area contributed by atoms with Crippen molar-refractivity contribution in [1.29, 1.82) is 0 Å². The van der Waals surface area contributed by atoms with E-state index in [0.29, 0.717) is 6.04 Å². The normalized spacial score (nSPS) is 11.0. The second kappa shape index (κ2) is 4.73. The zero-order valence-corrected chi connectivity index (χ0v) is 9.70. The predicted molar refractivity (Wildman–Crippen MR) is 64.2 cm³/mol. The quantitative estimate of drug-likeness (QED) is 0.836. The van der Waals surface area contributed by atoms with Crippen molar-refractivity contribution in [2.24, 2.45) is 0 Å². The highest BCUT2D eigenvalue weighted by Gasteiger charge is 2.13. The van der Waals surface area contributed by atoms with Gasteiger partial charge in [0.05, 0.1) is 6.04 Å². The molecule has 0 spiro atoms. The van der Waals surface area contributed by atoms with Gasteiger partial charge in [-0.25, -0.2) is 0 Å². The maximum atomic E-state index is 3.51. The van der Waals surface area contributed by atoms with E-state index in [1.807, 2.05) is 22.7 Å². The lowest BCUT2D eigenvalue weighted by Crippen LogP contribution is -2.19. The minimum absolute atomic E-state index is 0.389. The molecule has 0 bridgehead atoms. The van der Waals surface area contributed by atoms with Gasteiger partial charge < -0.3 is 5.32 Å². The number of hydrogen-bond donors (Lipinski definition) is 1. The Balaban J connectivity index is 2.25. The molecule has 0 atom stereocenters. The van der Waals surface area contributed by atoms with Crippen molar-refractivity contribution >= 4 is 22.7 Å². The topological polar surface area (TPSA) is 12.0 Å². The van der Waals surface area contributed by atoms with E-state index >= 15 is 0 Å². The number of rotatable bonds is 4. The van der Waals surface area contributed by atoms with E-state index < -0.39 is 0 Å². The van der Waals surface area contributed by atoms with Crippen LogP contribution in [-0.2, 0) is 0 Å². The molecule has 0 aliphatic rings. The van der Waals surface area contributed by atoms with E-state index in [2.05, 4.69) is 47.3 Å². The van der Waals surface area contributed by atoms with Crippen LogP contribution in [0.2, 0.25) is 0 Å². The van der Waals surface area contributed by atoms with Gasteiger partial charge in [-0.3, -0.25) is 0 Å². The van der Waals surface area contributed by atoms with Crippen LogP contribution < -0.4 is 5.32 Å². The van der Waals surface area contributed by atoms with Gasteiger partial charge in [0.25, 0.3) is 0 Å². The summed E-state index contributed by atoms with van der Waals surface area (Å²) < 4.78 is 0. The van der Waals surface area contributed by atoms with Gasteiger partial charge in [0.2, 0.25) is 0 Å². The SMILES string of the molecule is CCNC(c1cccs1)c1cccs1. The Hall–Kier alpha value is -0.640. The standard InChI is InChI=1S/C11H13NS2/c1-2-12-11(9-5-3-7-13-9)10-6-4-8-14-10/h3-8,11-12H,2H2,1H3. The Morgan fingerprint density at radius 2 is 1.71 bits per heavy atom. The van der Waals surface area contributed by atoms with Gasteiger partial charge in [-0.2, -0.15) is 0 Å². The minimum atomic E-state index is 0.389. The molecule has 74 valence electrons. The van der Waals surface area contributed by atoms with Crippen molar-refractivity contribution in [3.05, 3.63) is 44.8 Å². The molecule has 0 unspecified atom stereocenters. The fraction of sp³-hybridized carbons (Fsp3) is 0.273. The molecule has 0 saturated heterocycles. The lowest BCUT2D eigenvalue weighted by Gasteiger charge is -2.14. The summed E-state index contributed by atoms with van der Waals surface area (Å²) in [7, 11) is 0. The Bertz CT molecular complexity index is 316. The fourth-order valence-electron chi connectivity index (χ4n) is 1.46. The summed E-state index contributed by atoms with van der Waals surface area (Å²) in [5.74, 6) is 0. The summed E-state index contributed by atoms with van der Waals surface area (Å²) in [5, 5.41) is 7.77. The Morgan fingerprint density at radius 3 is 2.07 bits per heavy atom. The van der Waals surface area contributed by atoms with Crippen LogP contribution in [0, 0.1) is 0 Å². The zero-order chi connectivity index (χ0) is 9.80. The first kappa shape index (κ1) is 9.90. The molecule has 2 aromatic heterocycles. The van der Waals surface area contributed by atoms with Crippen LogP contribution in [0.3, 0.4) is 0 Å². The molecular formula is C11H13NS2. The first-order valence-corrected chi connectivity index (χ1v) is 6.48. The molecule has 14 heavy (non-hydrogen) atoms. The monoisotopic (exact) mass is 223 g/mol. The van der Waals surface area contributed by atoms with Crippen LogP contribution in [0.15, 0.2) is 35.0 Å². The molecule has 1 nitrogen and oxygen atoms in total. The van der Waals surface area contributed by atoms with E-state index in [9.17, 15) is 0 Å². The Morgan fingerprint density at radius 1 is 1.14 bits per heavy atom. The molecule has 0 amide bonds. The molecule has 2 heterocycles. The van der Waals surface area contributed by atoms with Crippen LogP contribution in [0.5, 0.6) is 0 Å². The van der Waals surface area contributed by atoms with Crippen molar-refractivity contribution in [3.8, 4) is 0 Å². The zero-order valence-electron chi connectivity index (χ0n) is 8.07. The van der Waals surface area contributed by atoms with Crippen LogP contribution in [0.25, 0.3) is 0 Å². The second-order valence-corrected chi connectivity index (χ2v) is 4.98. The van der Waals surface area contributed by atoms with Gasteiger partial charge >= 0.3 is 0 Å². The maximum Gasteiger partial charge on any atom is 0.0764 e. The molecule has 1 N–H and O–H groups in total. The second-order valence-electron chi connectivity index (χ2n) is 3.02. The molecule has 2 rings (SSSR count). The molecule has 2 aromatic rings. The first-order chi connectivity index (χ1) is 6.92. The van der Waals surface area contributed by atoms with Gasteiger partial charge in [-0.1, -0.05) is 19.1 Å². The highest BCUT2D eigenvalue weighted by molar-refractivity contribution is 7.11. The largest absolute Gasteiger partial charge is 0.305 e. The van der Waals surface area contributed by atoms with E-state index in [1.54, 1.807) is 0 Å². The van der Waals surface area contributed by atoms with Crippen molar-refractivity contribution in [3.63, 3.8) is 0 Å². The summed E-state index contributed by atoms with van der Waals surface area (Å²) in [6.07, 6.45) is 0. The van der Waals surface area contributed by atoms with Crippen LogP contribution in [0.4, 0.5) is 0 Å². The number of thiophene rings is 2. The van der Waals surface area contributed by atoms with Crippen molar-refractivity contribution < 1.29 is 0 Å². The summed E-state index contributed by atoms with van der Waals surface area (Å²) in [6.45, 7) is 3.15. The number of nitrogens with one attached hydrogen (secondary N) is 1. The average molecular weight is 223 g/mol. The molecule has 0 radical (unpaired) electrons. The van der Waals surface area contributed by atoms with Crippen LogP contribution in [0.1, 0.15) is 22.7 Å². The summed E-state index contributed by atoms with van der Waals surface area (Å²) in [4.78, 5) is 2.80.